The van der Waals surface area contributed by atoms with Crippen LogP contribution in [0.1, 0.15) is 12.5 Å². The van der Waals surface area contributed by atoms with Crippen molar-refractivity contribution in [2.24, 2.45) is 0 Å². The largest absolute Gasteiger partial charge is 0.480 e. The van der Waals surface area contributed by atoms with Gasteiger partial charge in [0.2, 0.25) is 6.79 Å². The summed E-state index contributed by atoms with van der Waals surface area (Å²) >= 11 is 1.58. The number of carboxylic acids is 1. The molecule has 1 atom stereocenters. The van der Waals surface area contributed by atoms with E-state index < -0.39 is 12.0 Å². The van der Waals surface area contributed by atoms with E-state index in [1.54, 1.807) is 30.0 Å². The number of hydrogen-bond acceptors (Lipinski definition) is 7. The monoisotopic (exact) mass is 322 g/mol. The van der Waals surface area contributed by atoms with Crippen molar-refractivity contribution >= 4 is 17.7 Å². The summed E-state index contributed by atoms with van der Waals surface area (Å²) in [7, 11) is 0. The van der Waals surface area contributed by atoms with Crippen molar-refractivity contribution in [2.75, 3.05) is 18.8 Å². The molecule has 9 heteroatoms. The molecule has 22 heavy (non-hydrogen) atoms. The first kappa shape index (κ1) is 14.6. The van der Waals surface area contributed by atoms with E-state index in [4.69, 9.17) is 9.47 Å². The average Bonchev–Trinajstić information content (AvgIpc) is 3.15. The van der Waals surface area contributed by atoms with Gasteiger partial charge in [0.15, 0.2) is 23.4 Å². The first-order valence-electron chi connectivity index (χ1n) is 6.60. The fourth-order valence-corrected chi connectivity index (χ4v) is 2.67. The van der Waals surface area contributed by atoms with E-state index in [-0.39, 0.29) is 6.79 Å². The maximum absolute atomic E-state index is 11.5. The molecule has 1 aromatic carbocycles. The number of carboxylic acid groups (broad SMARTS) is 1. The normalized spacial score (nSPS) is 14.0. The molecule has 1 aliphatic rings. The molecule has 0 amide bonds. The Bertz CT molecular complexity index is 690. The predicted octanol–water partition coefficient (Wildman–Crippen LogP) is 1.45. The minimum atomic E-state index is -0.955. The first-order chi connectivity index (χ1) is 10.7. The minimum Gasteiger partial charge on any atom is -0.480 e. The van der Waals surface area contributed by atoms with Crippen molar-refractivity contribution in [3.63, 3.8) is 0 Å². The maximum Gasteiger partial charge on any atom is 0.328 e. The third-order valence-electron chi connectivity index (χ3n) is 3.30. The smallest absolute Gasteiger partial charge is 0.328 e. The van der Waals surface area contributed by atoms with Gasteiger partial charge in [-0.3, -0.25) is 0 Å². The van der Waals surface area contributed by atoms with Crippen molar-refractivity contribution < 1.29 is 19.4 Å². The van der Waals surface area contributed by atoms with Crippen molar-refractivity contribution in [3.05, 3.63) is 18.2 Å². The van der Waals surface area contributed by atoms with Crippen LogP contribution in [0.25, 0.3) is 11.4 Å². The van der Waals surface area contributed by atoms with Gasteiger partial charge >= 0.3 is 5.97 Å². The Morgan fingerprint density at radius 2 is 2.27 bits per heavy atom. The van der Waals surface area contributed by atoms with Crippen LogP contribution in [0.15, 0.2) is 18.2 Å². The minimum absolute atomic E-state index is 0.176. The Morgan fingerprint density at radius 1 is 1.45 bits per heavy atom. The van der Waals surface area contributed by atoms with Crippen molar-refractivity contribution in [2.45, 2.75) is 12.5 Å². The standard InChI is InChI=1S/C13H14N4O4S/c1-22-5-4-9(13(18)19)17-12(14-15-16-17)8-2-3-10-11(6-8)21-7-20-10/h2-3,6,9H,4-5,7H2,1H3,(H,18,19). The number of rotatable bonds is 6. The third kappa shape index (κ3) is 2.71. The van der Waals surface area contributed by atoms with Crippen LogP contribution in [0, 0.1) is 0 Å². The zero-order valence-corrected chi connectivity index (χ0v) is 12.6. The van der Waals surface area contributed by atoms with E-state index in [2.05, 4.69) is 15.5 Å². The summed E-state index contributed by atoms with van der Waals surface area (Å²) in [4.78, 5) is 11.5. The molecule has 8 nitrogen and oxygen atoms in total. The van der Waals surface area contributed by atoms with Crippen LogP contribution in [-0.4, -0.2) is 50.1 Å². The van der Waals surface area contributed by atoms with Gasteiger partial charge in [0.05, 0.1) is 0 Å². The predicted molar refractivity (Wildman–Crippen MR) is 79.0 cm³/mol. The number of benzene rings is 1. The molecular formula is C13H14N4O4S. The molecular weight excluding hydrogens is 308 g/mol. The van der Waals surface area contributed by atoms with E-state index in [0.29, 0.717) is 35.1 Å². The van der Waals surface area contributed by atoms with Crippen LogP contribution in [0.5, 0.6) is 11.5 Å². The van der Waals surface area contributed by atoms with Crippen molar-refractivity contribution in [1.82, 2.24) is 20.2 Å². The highest BCUT2D eigenvalue weighted by Gasteiger charge is 2.25. The van der Waals surface area contributed by atoms with Gasteiger partial charge < -0.3 is 14.6 Å². The summed E-state index contributed by atoms with van der Waals surface area (Å²) in [6.45, 7) is 0.176. The zero-order chi connectivity index (χ0) is 15.5. The SMILES string of the molecule is CSCCC(C(=O)O)n1nnnc1-c1ccc2c(c1)OCO2. The van der Waals surface area contributed by atoms with Crippen molar-refractivity contribution in [1.29, 1.82) is 0 Å². The van der Waals surface area contributed by atoms with Crippen LogP contribution in [0.2, 0.25) is 0 Å². The van der Waals surface area contributed by atoms with Gasteiger partial charge in [0.1, 0.15) is 0 Å². The lowest BCUT2D eigenvalue weighted by Crippen LogP contribution is -2.22. The number of aromatic nitrogens is 4. The summed E-state index contributed by atoms with van der Waals surface area (Å²) in [5, 5.41) is 20.9. The summed E-state index contributed by atoms with van der Waals surface area (Å²) in [5.41, 5.74) is 0.685. The Hall–Kier alpha value is -2.29. The average molecular weight is 322 g/mol. The number of nitrogens with zero attached hydrogens (tertiary/aromatic N) is 4. The molecule has 2 heterocycles. The summed E-state index contributed by atoms with van der Waals surface area (Å²) in [6.07, 6.45) is 2.37. The number of tetrazole rings is 1. The number of aliphatic carboxylic acids is 1. The fourth-order valence-electron chi connectivity index (χ4n) is 2.21. The molecule has 0 bridgehead atoms. The van der Waals surface area contributed by atoms with E-state index in [0.717, 1.165) is 0 Å². The van der Waals surface area contributed by atoms with Gasteiger partial charge in [0.25, 0.3) is 0 Å². The highest BCUT2D eigenvalue weighted by atomic mass is 32.2. The van der Waals surface area contributed by atoms with E-state index in [1.807, 2.05) is 6.26 Å². The zero-order valence-electron chi connectivity index (χ0n) is 11.8. The second kappa shape index (κ2) is 6.22. The van der Waals surface area contributed by atoms with Gasteiger partial charge in [0, 0.05) is 5.56 Å². The summed E-state index contributed by atoms with van der Waals surface area (Å²) in [6, 6.07) is 4.48. The highest BCUT2D eigenvalue weighted by molar-refractivity contribution is 7.98. The topological polar surface area (TPSA) is 99.4 Å². The molecule has 1 aliphatic heterocycles. The lowest BCUT2D eigenvalue weighted by atomic mass is 10.1. The van der Waals surface area contributed by atoms with Crippen LogP contribution < -0.4 is 9.47 Å². The Kier molecular flexibility index (Phi) is 4.14. The quantitative estimate of drug-likeness (QED) is 0.853. The van der Waals surface area contributed by atoms with E-state index in [9.17, 15) is 9.90 Å². The molecule has 0 fully saturated rings. The van der Waals surface area contributed by atoms with Gasteiger partial charge in [-0.25, -0.2) is 9.48 Å². The molecule has 3 rings (SSSR count). The lowest BCUT2D eigenvalue weighted by molar-refractivity contribution is -0.141. The summed E-state index contributed by atoms with van der Waals surface area (Å²) in [5.74, 6) is 1.40. The molecule has 1 N–H and O–H groups in total. The van der Waals surface area contributed by atoms with Gasteiger partial charge in [-0.1, -0.05) is 0 Å². The maximum atomic E-state index is 11.5. The molecule has 0 spiro atoms. The molecule has 116 valence electrons. The van der Waals surface area contributed by atoms with Crippen molar-refractivity contribution in [3.8, 4) is 22.9 Å². The second-order valence-corrected chi connectivity index (χ2v) is 5.64. The molecule has 1 aromatic heterocycles. The Morgan fingerprint density at radius 3 is 3.05 bits per heavy atom. The number of hydrogen-bond donors (Lipinski definition) is 1. The number of thioether (sulfide) groups is 1. The van der Waals surface area contributed by atoms with Crippen LogP contribution >= 0.6 is 11.8 Å². The molecule has 0 aliphatic carbocycles. The Balaban J connectivity index is 1.95. The summed E-state index contributed by atoms with van der Waals surface area (Å²) < 4.78 is 11.9. The fraction of sp³-hybridized carbons (Fsp3) is 0.385. The molecule has 1 unspecified atom stereocenters. The molecule has 0 saturated carbocycles. The number of ether oxygens (including phenoxy) is 2. The van der Waals surface area contributed by atoms with Crippen LogP contribution in [0.4, 0.5) is 0 Å². The van der Waals surface area contributed by atoms with Gasteiger partial charge in [-0.2, -0.15) is 11.8 Å². The first-order valence-corrected chi connectivity index (χ1v) is 7.99. The lowest BCUT2D eigenvalue weighted by Gasteiger charge is -2.13. The number of carbonyl (C=O) groups is 1. The van der Waals surface area contributed by atoms with E-state index >= 15 is 0 Å². The highest BCUT2D eigenvalue weighted by Crippen LogP contribution is 2.35. The van der Waals surface area contributed by atoms with E-state index in [1.165, 1.54) is 4.68 Å². The molecule has 2 aromatic rings. The second-order valence-electron chi connectivity index (χ2n) is 4.65. The van der Waals surface area contributed by atoms with Gasteiger partial charge in [-0.05, 0) is 47.1 Å². The number of fused-ring (bicyclic) bond motifs is 1. The third-order valence-corrected chi connectivity index (χ3v) is 3.94. The molecule has 0 radical (unpaired) electrons. The van der Waals surface area contributed by atoms with Gasteiger partial charge in [-0.15, -0.1) is 5.10 Å². The Labute approximate surface area is 130 Å². The van der Waals surface area contributed by atoms with Crippen LogP contribution in [-0.2, 0) is 4.79 Å². The van der Waals surface area contributed by atoms with Crippen LogP contribution in [0.3, 0.4) is 0 Å². The molecule has 0 saturated heterocycles.